The van der Waals surface area contributed by atoms with Crippen LogP contribution in [0.15, 0.2) is 47.7 Å². The molecule has 0 bridgehead atoms. The number of nitrogens with one attached hydrogen (secondary N) is 1. The average Bonchev–Trinajstić information content (AvgIpc) is 3.28. The third-order valence-corrected chi connectivity index (χ3v) is 4.25. The predicted molar refractivity (Wildman–Crippen MR) is 94.2 cm³/mol. The highest BCUT2D eigenvalue weighted by atomic mass is 19.1. The Morgan fingerprint density at radius 1 is 1.29 bits per heavy atom. The summed E-state index contributed by atoms with van der Waals surface area (Å²) in [7, 11) is 0. The molecule has 1 aliphatic rings. The van der Waals surface area contributed by atoms with E-state index < -0.39 is 29.6 Å². The van der Waals surface area contributed by atoms with Gasteiger partial charge in [-0.05, 0) is 30.3 Å². The molecule has 11 heteroatoms. The normalized spacial score (nSPS) is 16.2. The van der Waals surface area contributed by atoms with Crippen molar-refractivity contribution in [3.05, 3.63) is 59.2 Å². The molecule has 4 rings (SSSR count). The zero-order valence-electron chi connectivity index (χ0n) is 14.2. The Kier molecular flexibility index (Phi) is 4.11. The molecule has 1 saturated heterocycles. The van der Waals surface area contributed by atoms with E-state index in [0.29, 0.717) is 11.4 Å². The van der Waals surface area contributed by atoms with E-state index >= 15 is 0 Å². The number of benzene rings is 1. The van der Waals surface area contributed by atoms with Crippen LogP contribution in [-0.2, 0) is 9.53 Å². The Balaban J connectivity index is 1.60. The molecule has 0 aliphatic carbocycles. The number of ether oxygens (including phenoxy) is 1. The molecule has 2 amide bonds. The lowest BCUT2D eigenvalue weighted by atomic mass is 10.1. The number of aromatic amines is 1. The van der Waals surface area contributed by atoms with Crippen molar-refractivity contribution in [3.8, 4) is 16.9 Å². The number of aromatic nitrogens is 4. The SMILES string of the molecule is NC(=O)[C@H]1CN(c2ccc(-c3ccc(-n4cn[nH]c4=O)nc3)c(F)c2)C(=O)O1. The number of cyclic esters (lactones) is 1. The third-order valence-electron chi connectivity index (χ3n) is 4.25. The summed E-state index contributed by atoms with van der Waals surface area (Å²) in [6.07, 6.45) is 0.861. The van der Waals surface area contributed by atoms with Gasteiger partial charge in [0.2, 0.25) is 0 Å². The molecule has 0 unspecified atom stereocenters. The van der Waals surface area contributed by atoms with Crippen LogP contribution >= 0.6 is 0 Å². The number of nitrogens with zero attached hydrogens (tertiary/aromatic N) is 4. The molecule has 2 aromatic heterocycles. The quantitative estimate of drug-likeness (QED) is 0.675. The minimum absolute atomic E-state index is 0.0807. The summed E-state index contributed by atoms with van der Waals surface area (Å²) in [5.74, 6) is -1.03. The van der Waals surface area contributed by atoms with Gasteiger partial charge >= 0.3 is 11.8 Å². The first kappa shape index (κ1) is 17.4. The highest BCUT2D eigenvalue weighted by molar-refractivity contribution is 5.95. The van der Waals surface area contributed by atoms with Crippen LogP contribution in [0.3, 0.4) is 0 Å². The largest absolute Gasteiger partial charge is 0.434 e. The maximum atomic E-state index is 14.6. The number of rotatable bonds is 4. The molecule has 0 radical (unpaired) electrons. The topological polar surface area (TPSA) is 136 Å². The molecule has 142 valence electrons. The van der Waals surface area contributed by atoms with E-state index in [-0.39, 0.29) is 17.8 Å². The van der Waals surface area contributed by atoms with Crippen molar-refractivity contribution in [1.82, 2.24) is 19.7 Å². The monoisotopic (exact) mass is 384 g/mol. The number of hydrogen-bond acceptors (Lipinski definition) is 6. The van der Waals surface area contributed by atoms with Crippen molar-refractivity contribution in [3.63, 3.8) is 0 Å². The Morgan fingerprint density at radius 3 is 2.68 bits per heavy atom. The molecule has 28 heavy (non-hydrogen) atoms. The highest BCUT2D eigenvalue weighted by Gasteiger charge is 2.36. The molecule has 1 fully saturated rings. The summed E-state index contributed by atoms with van der Waals surface area (Å²) in [4.78, 5) is 39.9. The molecule has 1 atom stereocenters. The van der Waals surface area contributed by atoms with E-state index in [4.69, 9.17) is 10.5 Å². The number of carbonyl (C=O) groups is 2. The number of amides is 2. The molecule has 3 heterocycles. The Hall–Kier alpha value is -4.02. The molecule has 1 aliphatic heterocycles. The van der Waals surface area contributed by atoms with Crippen LogP contribution in [0, 0.1) is 5.82 Å². The van der Waals surface area contributed by atoms with Crippen LogP contribution in [0.4, 0.5) is 14.9 Å². The minimum Gasteiger partial charge on any atom is -0.434 e. The Labute approximate surface area is 156 Å². The van der Waals surface area contributed by atoms with E-state index in [9.17, 15) is 18.8 Å². The van der Waals surface area contributed by atoms with Crippen molar-refractivity contribution in [2.75, 3.05) is 11.4 Å². The van der Waals surface area contributed by atoms with E-state index in [2.05, 4.69) is 15.2 Å². The molecular formula is C17H13FN6O4. The fourth-order valence-electron chi connectivity index (χ4n) is 2.83. The predicted octanol–water partition coefficient (Wildman–Crippen LogP) is 0.572. The van der Waals surface area contributed by atoms with Gasteiger partial charge in [-0.25, -0.2) is 28.6 Å². The number of halogens is 1. The van der Waals surface area contributed by atoms with Crippen molar-refractivity contribution in [2.45, 2.75) is 6.10 Å². The van der Waals surface area contributed by atoms with Gasteiger partial charge in [0.05, 0.1) is 12.2 Å². The lowest BCUT2D eigenvalue weighted by molar-refractivity contribution is -0.124. The van der Waals surface area contributed by atoms with Gasteiger partial charge in [0.15, 0.2) is 6.10 Å². The Bertz CT molecular complexity index is 1120. The lowest BCUT2D eigenvalue weighted by Gasteiger charge is -2.14. The highest BCUT2D eigenvalue weighted by Crippen LogP contribution is 2.29. The van der Waals surface area contributed by atoms with Crippen molar-refractivity contribution in [2.24, 2.45) is 5.73 Å². The fourth-order valence-corrected chi connectivity index (χ4v) is 2.83. The molecule has 3 aromatic rings. The second-order valence-corrected chi connectivity index (χ2v) is 5.99. The van der Waals surface area contributed by atoms with E-state index in [1.807, 2.05) is 0 Å². The van der Waals surface area contributed by atoms with Crippen LogP contribution in [0.1, 0.15) is 0 Å². The minimum atomic E-state index is -1.07. The molecule has 0 saturated carbocycles. The summed E-state index contributed by atoms with van der Waals surface area (Å²) in [5, 5.41) is 5.87. The number of carbonyl (C=O) groups excluding carboxylic acids is 2. The molecule has 1 aromatic carbocycles. The number of hydrogen-bond donors (Lipinski definition) is 2. The zero-order valence-corrected chi connectivity index (χ0v) is 14.2. The molecular weight excluding hydrogens is 371 g/mol. The second-order valence-electron chi connectivity index (χ2n) is 5.99. The van der Waals surface area contributed by atoms with Gasteiger partial charge in [-0.2, -0.15) is 5.10 Å². The maximum absolute atomic E-state index is 14.6. The van der Waals surface area contributed by atoms with Gasteiger partial charge in [-0.3, -0.25) is 9.69 Å². The van der Waals surface area contributed by atoms with Crippen LogP contribution in [0.25, 0.3) is 16.9 Å². The standard InChI is InChI=1S/C17H13FN6O4/c18-12-5-10(23-7-13(15(19)25)28-17(23)27)2-3-11(12)9-1-4-14(20-6-9)24-8-21-22-16(24)26/h1-6,8,13H,7H2,(H2,19,25)(H,22,26)/t13-/m1/s1. The number of primary amides is 1. The molecule has 10 nitrogen and oxygen atoms in total. The van der Waals surface area contributed by atoms with E-state index in [1.165, 1.54) is 29.2 Å². The van der Waals surface area contributed by atoms with E-state index in [1.54, 1.807) is 12.1 Å². The summed E-state index contributed by atoms with van der Waals surface area (Å²) < 4.78 is 20.7. The zero-order chi connectivity index (χ0) is 19.8. The lowest BCUT2D eigenvalue weighted by Crippen LogP contribution is -2.32. The van der Waals surface area contributed by atoms with Gasteiger partial charge in [-0.15, -0.1) is 0 Å². The van der Waals surface area contributed by atoms with Crippen molar-refractivity contribution < 1.29 is 18.7 Å². The summed E-state index contributed by atoms with van der Waals surface area (Å²) in [5.41, 5.74) is 5.66. The third kappa shape index (κ3) is 2.98. The maximum Gasteiger partial charge on any atom is 0.415 e. The first-order valence-electron chi connectivity index (χ1n) is 8.10. The fraction of sp³-hybridized carbons (Fsp3) is 0.118. The van der Waals surface area contributed by atoms with Gasteiger partial charge in [-0.1, -0.05) is 0 Å². The van der Waals surface area contributed by atoms with Crippen LogP contribution in [0.2, 0.25) is 0 Å². The number of H-pyrrole nitrogens is 1. The number of anilines is 1. The van der Waals surface area contributed by atoms with Crippen LogP contribution in [-0.4, -0.2) is 44.4 Å². The number of nitrogens with two attached hydrogens (primary N) is 1. The Morgan fingerprint density at radius 2 is 2.11 bits per heavy atom. The average molecular weight is 384 g/mol. The molecule has 3 N–H and O–H groups in total. The van der Waals surface area contributed by atoms with Crippen molar-refractivity contribution >= 4 is 17.7 Å². The first-order chi connectivity index (χ1) is 13.4. The summed E-state index contributed by atoms with van der Waals surface area (Å²) in [6.45, 7) is -0.0807. The van der Waals surface area contributed by atoms with Gasteiger partial charge in [0, 0.05) is 17.3 Å². The van der Waals surface area contributed by atoms with Gasteiger partial charge < -0.3 is 10.5 Å². The van der Waals surface area contributed by atoms with Crippen molar-refractivity contribution in [1.29, 1.82) is 0 Å². The van der Waals surface area contributed by atoms with Crippen LogP contribution in [0.5, 0.6) is 0 Å². The second kappa shape index (κ2) is 6.61. The van der Waals surface area contributed by atoms with Crippen LogP contribution < -0.4 is 16.3 Å². The molecule has 0 spiro atoms. The first-order valence-corrected chi connectivity index (χ1v) is 8.10. The van der Waals surface area contributed by atoms with Gasteiger partial charge in [0.25, 0.3) is 5.91 Å². The van der Waals surface area contributed by atoms with E-state index in [0.717, 1.165) is 11.0 Å². The summed E-state index contributed by atoms with van der Waals surface area (Å²) >= 11 is 0. The van der Waals surface area contributed by atoms with Gasteiger partial charge in [0.1, 0.15) is 18.0 Å². The number of pyridine rings is 1. The summed E-state index contributed by atoms with van der Waals surface area (Å²) in [6, 6.07) is 7.32. The smallest absolute Gasteiger partial charge is 0.415 e.